The van der Waals surface area contributed by atoms with Crippen LogP contribution in [-0.2, 0) is 22.4 Å². The van der Waals surface area contributed by atoms with Gasteiger partial charge < -0.3 is 20.1 Å². The van der Waals surface area contributed by atoms with Crippen molar-refractivity contribution in [3.8, 4) is 0 Å². The first-order valence-corrected chi connectivity index (χ1v) is 9.28. The van der Waals surface area contributed by atoms with Crippen LogP contribution in [0.5, 0.6) is 0 Å². The number of ether oxygens (including phenoxy) is 2. The number of hydrogen-bond donors (Lipinski definition) is 2. The molecule has 1 aliphatic rings. The summed E-state index contributed by atoms with van der Waals surface area (Å²) >= 11 is 1.73. The molecule has 6 nitrogen and oxygen atoms in total. The van der Waals surface area contributed by atoms with Crippen LogP contribution >= 0.6 is 11.3 Å². The second kappa shape index (κ2) is 10.6. The maximum absolute atomic E-state index is 5.76. The number of rotatable bonds is 9. The maximum Gasteiger partial charge on any atom is 0.191 e. The number of hydrogen-bond acceptors (Lipinski definition) is 5. The van der Waals surface area contributed by atoms with Gasteiger partial charge in [0.15, 0.2) is 5.96 Å². The lowest BCUT2D eigenvalue weighted by atomic mass is 10.3. The third-order valence-electron chi connectivity index (χ3n) is 3.52. The fourth-order valence-electron chi connectivity index (χ4n) is 2.25. The third-order valence-corrected chi connectivity index (χ3v) is 4.65. The fraction of sp³-hybridized carbons (Fsp3) is 0.750. The quantitative estimate of drug-likeness (QED) is 0.409. The van der Waals surface area contributed by atoms with Gasteiger partial charge in [-0.2, -0.15) is 0 Å². The molecule has 0 spiro atoms. The molecular weight excluding hydrogens is 312 g/mol. The molecule has 7 heteroatoms. The molecule has 1 atom stereocenters. The van der Waals surface area contributed by atoms with Crippen molar-refractivity contribution in [3.63, 3.8) is 0 Å². The Hall–Kier alpha value is -1.18. The topological polar surface area (TPSA) is 67.8 Å². The summed E-state index contributed by atoms with van der Waals surface area (Å²) in [7, 11) is 0. The third kappa shape index (κ3) is 6.85. The Morgan fingerprint density at radius 3 is 3.09 bits per heavy atom. The average molecular weight is 340 g/mol. The Morgan fingerprint density at radius 2 is 2.39 bits per heavy atom. The maximum atomic E-state index is 5.76. The van der Waals surface area contributed by atoms with Gasteiger partial charge in [0.2, 0.25) is 0 Å². The van der Waals surface area contributed by atoms with Crippen molar-refractivity contribution >= 4 is 17.3 Å². The van der Waals surface area contributed by atoms with Crippen molar-refractivity contribution in [3.05, 3.63) is 16.1 Å². The van der Waals surface area contributed by atoms with E-state index in [1.807, 2.05) is 6.20 Å². The van der Waals surface area contributed by atoms with Gasteiger partial charge in [-0.25, -0.2) is 9.98 Å². The summed E-state index contributed by atoms with van der Waals surface area (Å²) in [6, 6.07) is 0. The molecular formula is C16H28N4O2S. The molecule has 23 heavy (non-hydrogen) atoms. The molecule has 1 aromatic heterocycles. The van der Waals surface area contributed by atoms with E-state index in [0.717, 1.165) is 63.1 Å². The van der Waals surface area contributed by atoms with Gasteiger partial charge in [0, 0.05) is 37.4 Å². The van der Waals surface area contributed by atoms with Crippen LogP contribution < -0.4 is 10.6 Å². The summed E-state index contributed by atoms with van der Waals surface area (Å²) in [6.07, 6.45) is 5.24. The lowest BCUT2D eigenvalue weighted by Crippen LogP contribution is -2.38. The predicted molar refractivity (Wildman–Crippen MR) is 94.1 cm³/mol. The molecule has 0 bridgehead atoms. The highest BCUT2D eigenvalue weighted by atomic mass is 32.1. The highest BCUT2D eigenvalue weighted by molar-refractivity contribution is 7.11. The zero-order valence-electron chi connectivity index (χ0n) is 14.1. The molecule has 130 valence electrons. The van der Waals surface area contributed by atoms with E-state index >= 15 is 0 Å². The van der Waals surface area contributed by atoms with Crippen molar-refractivity contribution in [1.82, 2.24) is 15.6 Å². The summed E-state index contributed by atoms with van der Waals surface area (Å²) in [6.45, 7) is 8.85. The minimum atomic E-state index is 0.287. The number of nitrogens with zero attached hydrogens (tertiary/aromatic N) is 2. The SMILES string of the molecule is CCNC(=NCc1ncc(CC)s1)NCCCOC1CCOC1. The molecule has 2 heterocycles. The number of aliphatic imine (C=N–C) groups is 1. The first kappa shape index (κ1) is 18.2. The normalized spacial score (nSPS) is 18.3. The lowest BCUT2D eigenvalue weighted by molar-refractivity contribution is 0.0420. The number of nitrogens with one attached hydrogen (secondary N) is 2. The number of guanidine groups is 1. The van der Waals surface area contributed by atoms with Crippen molar-refractivity contribution in [2.75, 3.05) is 32.9 Å². The van der Waals surface area contributed by atoms with Gasteiger partial charge in [-0.05, 0) is 26.2 Å². The van der Waals surface area contributed by atoms with Crippen molar-refractivity contribution in [2.24, 2.45) is 4.99 Å². The minimum absolute atomic E-state index is 0.287. The smallest absolute Gasteiger partial charge is 0.191 e. The van der Waals surface area contributed by atoms with Gasteiger partial charge in [-0.3, -0.25) is 0 Å². The van der Waals surface area contributed by atoms with Crippen LogP contribution in [0.3, 0.4) is 0 Å². The Bertz CT molecular complexity index is 472. The Kier molecular flexibility index (Phi) is 8.35. The molecule has 0 aromatic carbocycles. The Labute approximate surface area is 142 Å². The number of aromatic nitrogens is 1. The van der Waals surface area contributed by atoms with Crippen molar-refractivity contribution < 1.29 is 9.47 Å². The molecule has 1 unspecified atom stereocenters. The van der Waals surface area contributed by atoms with E-state index in [1.165, 1.54) is 4.88 Å². The van der Waals surface area contributed by atoms with Crippen molar-refractivity contribution in [2.45, 2.75) is 45.8 Å². The van der Waals surface area contributed by atoms with Crippen LogP contribution in [0.4, 0.5) is 0 Å². The van der Waals surface area contributed by atoms with E-state index in [2.05, 4.69) is 34.5 Å². The molecule has 2 rings (SSSR count). The molecule has 0 aliphatic carbocycles. The molecule has 0 saturated carbocycles. The molecule has 0 amide bonds. The lowest BCUT2D eigenvalue weighted by Gasteiger charge is -2.12. The molecule has 1 saturated heterocycles. The van der Waals surface area contributed by atoms with Crippen LogP contribution in [-0.4, -0.2) is 50.0 Å². The summed E-state index contributed by atoms with van der Waals surface area (Å²) in [5.74, 6) is 0.838. The van der Waals surface area contributed by atoms with Crippen LogP contribution in [0.15, 0.2) is 11.2 Å². The largest absolute Gasteiger partial charge is 0.379 e. The minimum Gasteiger partial charge on any atom is -0.379 e. The van der Waals surface area contributed by atoms with Crippen LogP contribution in [0.1, 0.15) is 36.6 Å². The zero-order chi connectivity index (χ0) is 16.3. The van der Waals surface area contributed by atoms with Crippen LogP contribution in [0.25, 0.3) is 0 Å². The molecule has 1 aromatic rings. The van der Waals surface area contributed by atoms with Gasteiger partial charge in [0.05, 0.1) is 19.3 Å². The molecule has 1 aliphatic heterocycles. The monoisotopic (exact) mass is 340 g/mol. The summed E-state index contributed by atoms with van der Waals surface area (Å²) in [5, 5.41) is 7.66. The van der Waals surface area contributed by atoms with E-state index in [1.54, 1.807) is 11.3 Å². The van der Waals surface area contributed by atoms with Gasteiger partial charge in [0.1, 0.15) is 5.01 Å². The summed E-state index contributed by atoms with van der Waals surface area (Å²) in [5.41, 5.74) is 0. The Morgan fingerprint density at radius 1 is 1.48 bits per heavy atom. The molecule has 2 N–H and O–H groups in total. The predicted octanol–water partition coefficient (Wildman–Crippen LogP) is 1.96. The van der Waals surface area contributed by atoms with Gasteiger partial charge in [0.25, 0.3) is 0 Å². The van der Waals surface area contributed by atoms with Crippen LogP contribution in [0.2, 0.25) is 0 Å². The van der Waals surface area contributed by atoms with E-state index in [0.29, 0.717) is 6.54 Å². The first-order chi connectivity index (χ1) is 11.3. The van der Waals surface area contributed by atoms with E-state index in [4.69, 9.17) is 9.47 Å². The fourth-order valence-corrected chi connectivity index (χ4v) is 3.03. The average Bonchev–Trinajstić information content (AvgIpc) is 3.23. The van der Waals surface area contributed by atoms with E-state index in [-0.39, 0.29) is 6.10 Å². The van der Waals surface area contributed by atoms with E-state index < -0.39 is 0 Å². The molecule has 0 radical (unpaired) electrons. The number of aryl methyl sites for hydroxylation is 1. The summed E-state index contributed by atoms with van der Waals surface area (Å²) in [4.78, 5) is 10.3. The zero-order valence-corrected chi connectivity index (χ0v) is 15.0. The highest BCUT2D eigenvalue weighted by Gasteiger charge is 2.15. The second-order valence-electron chi connectivity index (χ2n) is 5.41. The first-order valence-electron chi connectivity index (χ1n) is 8.47. The molecule has 1 fully saturated rings. The van der Waals surface area contributed by atoms with Gasteiger partial charge in [-0.15, -0.1) is 11.3 Å². The highest BCUT2D eigenvalue weighted by Crippen LogP contribution is 2.14. The van der Waals surface area contributed by atoms with Crippen molar-refractivity contribution in [1.29, 1.82) is 0 Å². The van der Waals surface area contributed by atoms with Gasteiger partial charge >= 0.3 is 0 Å². The van der Waals surface area contributed by atoms with Gasteiger partial charge in [-0.1, -0.05) is 6.92 Å². The standard InChI is InChI=1S/C16H28N4O2S/c1-3-14-10-19-15(23-14)11-20-16(17-4-2)18-7-5-8-22-13-6-9-21-12-13/h10,13H,3-9,11-12H2,1-2H3,(H2,17,18,20). The van der Waals surface area contributed by atoms with Crippen LogP contribution in [0, 0.1) is 0 Å². The number of thiazole rings is 1. The second-order valence-corrected chi connectivity index (χ2v) is 6.61. The summed E-state index contributed by atoms with van der Waals surface area (Å²) < 4.78 is 11.0. The Balaban J connectivity index is 1.66. The van der Waals surface area contributed by atoms with E-state index in [9.17, 15) is 0 Å².